The quantitative estimate of drug-likeness (QED) is 0.566. The lowest BCUT2D eigenvalue weighted by Crippen LogP contribution is -2.18. The molecule has 0 saturated carbocycles. The summed E-state index contributed by atoms with van der Waals surface area (Å²) in [5, 5.41) is 0. The normalized spacial score (nSPS) is 17.1. The Hall–Kier alpha value is -1.97. The van der Waals surface area contributed by atoms with Gasteiger partial charge in [-0.25, -0.2) is 0 Å². The van der Waals surface area contributed by atoms with Gasteiger partial charge in [-0.2, -0.15) is 0 Å². The Kier molecular flexibility index (Phi) is 6.31. The molecule has 1 atom stereocenters. The topological polar surface area (TPSA) is 44.8 Å². The van der Waals surface area contributed by atoms with Gasteiger partial charge in [-0.05, 0) is 43.4 Å². The average Bonchev–Trinajstić information content (AvgIpc) is 2.58. The van der Waals surface area contributed by atoms with E-state index < -0.39 is 0 Å². The molecule has 0 heterocycles. The van der Waals surface area contributed by atoms with Crippen molar-refractivity contribution < 1.29 is 19.0 Å². The first kappa shape index (κ1) is 16.4. The highest BCUT2D eigenvalue weighted by atomic mass is 16.5. The van der Waals surface area contributed by atoms with E-state index in [1.54, 1.807) is 7.11 Å². The number of carbonyl (C=O) groups excluding carboxylic acids is 1. The minimum Gasteiger partial charge on any atom is -0.493 e. The maximum atomic E-state index is 12.0. The van der Waals surface area contributed by atoms with E-state index in [4.69, 9.17) is 14.2 Å². The summed E-state index contributed by atoms with van der Waals surface area (Å²) >= 11 is 0. The summed E-state index contributed by atoms with van der Waals surface area (Å²) in [5.74, 6) is 1.27. The van der Waals surface area contributed by atoms with Crippen molar-refractivity contribution in [3.8, 4) is 11.5 Å². The lowest BCUT2D eigenvalue weighted by molar-refractivity contribution is -0.150. The second kappa shape index (κ2) is 8.47. The molecule has 4 nitrogen and oxygen atoms in total. The molecule has 0 saturated heterocycles. The van der Waals surface area contributed by atoms with Crippen LogP contribution in [0.4, 0.5) is 0 Å². The van der Waals surface area contributed by atoms with Gasteiger partial charge >= 0.3 is 5.97 Å². The van der Waals surface area contributed by atoms with Crippen molar-refractivity contribution in [1.82, 2.24) is 0 Å². The van der Waals surface area contributed by atoms with Crippen molar-refractivity contribution in [1.29, 1.82) is 0 Å². The monoisotopic (exact) mass is 304 g/mol. The first-order valence-corrected chi connectivity index (χ1v) is 7.86. The zero-order chi connectivity index (χ0) is 15.8. The molecule has 0 radical (unpaired) electrons. The fourth-order valence-corrected chi connectivity index (χ4v) is 2.41. The summed E-state index contributed by atoms with van der Waals surface area (Å²) in [6.07, 6.45) is 7.73. The predicted octanol–water partition coefficient (Wildman–Crippen LogP) is 3.88. The highest BCUT2D eigenvalue weighted by Gasteiger charge is 2.20. The molecule has 22 heavy (non-hydrogen) atoms. The molecular formula is C18H24O4. The molecule has 1 aromatic rings. The van der Waals surface area contributed by atoms with Crippen LogP contribution in [0.15, 0.2) is 30.4 Å². The zero-order valence-electron chi connectivity index (χ0n) is 13.3. The Bertz CT molecular complexity index is 522. The molecule has 4 heteroatoms. The predicted molar refractivity (Wildman–Crippen MR) is 85.1 cm³/mol. The van der Waals surface area contributed by atoms with Crippen molar-refractivity contribution in [3.63, 3.8) is 0 Å². The number of methoxy groups -OCH3 is 1. The Morgan fingerprint density at radius 3 is 2.82 bits per heavy atom. The van der Waals surface area contributed by atoms with Crippen LogP contribution >= 0.6 is 0 Å². The van der Waals surface area contributed by atoms with Crippen molar-refractivity contribution >= 4 is 5.97 Å². The third-order valence-corrected chi connectivity index (χ3v) is 3.67. The molecule has 0 spiro atoms. The van der Waals surface area contributed by atoms with Gasteiger partial charge in [0.25, 0.3) is 0 Å². The van der Waals surface area contributed by atoms with Gasteiger partial charge in [0.05, 0.1) is 19.6 Å². The number of hydrogen-bond donors (Lipinski definition) is 0. The van der Waals surface area contributed by atoms with Crippen LogP contribution in [-0.2, 0) is 16.1 Å². The molecule has 0 fully saturated rings. The van der Waals surface area contributed by atoms with E-state index in [1.165, 1.54) is 0 Å². The largest absolute Gasteiger partial charge is 0.493 e. The number of ether oxygens (including phenoxy) is 3. The van der Waals surface area contributed by atoms with Crippen molar-refractivity contribution in [3.05, 3.63) is 35.9 Å². The minimum absolute atomic E-state index is 0.000874. The highest BCUT2D eigenvalue weighted by Crippen LogP contribution is 2.29. The molecule has 0 amide bonds. The van der Waals surface area contributed by atoms with Gasteiger partial charge in [0.15, 0.2) is 11.5 Å². The molecular weight excluding hydrogens is 280 g/mol. The molecule has 1 aliphatic rings. The number of esters is 1. The van der Waals surface area contributed by atoms with Crippen LogP contribution in [-0.4, -0.2) is 19.7 Å². The summed E-state index contributed by atoms with van der Waals surface area (Å²) in [4.78, 5) is 12.0. The van der Waals surface area contributed by atoms with Gasteiger partial charge in [0, 0.05) is 0 Å². The van der Waals surface area contributed by atoms with Crippen molar-refractivity contribution in [2.24, 2.45) is 5.92 Å². The maximum Gasteiger partial charge on any atom is 0.309 e. The van der Waals surface area contributed by atoms with Crippen molar-refractivity contribution in [2.45, 2.75) is 39.2 Å². The molecule has 120 valence electrons. The Balaban J connectivity index is 1.92. The van der Waals surface area contributed by atoms with Crippen LogP contribution < -0.4 is 9.47 Å². The number of hydrogen-bond acceptors (Lipinski definition) is 4. The molecule has 1 unspecified atom stereocenters. The second-order valence-electron chi connectivity index (χ2n) is 5.42. The van der Waals surface area contributed by atoms with Crippen LogP contribution in [0, 0.1) is 5.92 Å². The second-order valence-corrected chi connectivity index (χ2v) is 5.42. The smallest absolute Gasteiger partial charge is 0.309 e. The third-order valence-electron chi connectivity index (χ3n) is 3.67. The molecule has 2 rings (SSSR count). The standard InChI is InChI=1S/C18H24O4/c1-3-11-21-16-10-9-14(12-17(16)20-2)13-22-18(19)15-7-5-4-6-8-15/h4-5,9-10,12,15H,3,6-8,11,13H2,1-2H3. The van der Waals surface area contributed by atoms with Crippen LogP contribution in [0.25, 0.3) is 0 Å². The molecule has 1 aromatic carbocycles. The third kappa shape index (κ3) is 4.52. The van der Waals surface area contributed by atoms with Gasteiger partial charge in [-0.3, -0.25) is 4.79 Å². The minimum atomic E-state index is -0.116. The number of rotatable bonds is 7. The van der Waals surface area contributed by atoms with E-state index in [-0.39, 0.29) is 18.5 Å². The van der Waals surface area contributed by atoms with Crippen molar-refractivity contribution in [2.75, 3.05) is 13.7 Å². The van der Waals surface area contributed by atoms with Gasteiger partial charge in [-0.1, -0.05) is 25.1 Å². The Morgan fingerprint density at radius 2 is 2.14 bits per heavy atom. The van der Waals surface area contributed by atoms with Crippen LogP contribution in [0.5, 0.6) is 11.5 Å². The van der Waals surface area contributed by atoms with Gasteiger partial charge in [0.1, 0.15) is 6.61 Å². The van der Waals surface area contributed by atoms with E-state index in [0.29, 0.717) is 12.4 Å². The molecule has 0 aromatic heterocycles. The molecule has 0 N–H and O–H groups in total. The zero-order valence-corrected chi connectivity index (χ0v) is 13.3. The Labute approximate surface area is 132 Å². The molecule has 0 aliphatic heterocycles. The highest BCUT2D eigenvalue weighted by molar-refractivity contribution is 5.72. The molecule has 0 bridgehead atoms. The van der Waals surface area contributed by atoms with Crippen LogP contribution in [0.2, 0.25) is 0 Å². The average molecular weight is 304 g/mol. The van der Waals surface area contributed by atoms with Gasteiger partial charge in [0.2, 0.25) is 0 Å². The summed E-state index contributed by atoms with van der Waals surface area (Å²) in [6, 6.07) is 5.63. The lowest BCUT2D eigenvalue weighted by Gasteiger charge is -2.17. The SMILES string of the molecule is CCCOc1ccc(COC(=O)C2CC=CCC2)cc1OC. The van der Waals surface area contributed by atoms with Crippen LogP contribution in [0.1, 0.15) is 38.2 Å². The maximum absolute atomic E-state index is 12.0. The van der Waals surface area contributed by atoms with Gasteiger partial charge in [-0.15, -0.1) is 0 Å². The van der Waals surface area contributed by atoms with E-state index in [2.05, 4.69) is 19.1 Å². The summed E-state index contributed by atoms with van der Waals surface area (Å²) in [6.45, 7) is 2.98. The van der Waals surface area contributed by atoms with Crippen LogP contribution in [0.3, 0.4) is 0 Å². The number of allylic oxidation sites excluding steroid dienone is 2. The summed E-state index contributed by atoms with van der Waals surface area (Å²) in [7, 11) is 1.61. The van der Waals surface area contributed by atoms with Gasteiger partial charge < -0.3 is 14.2 Å². The van der Waals surface area contributed by atoms with E-state index in [9.17, 15) is 4.79 Å². The fraction of sp³-hybridized carbons (Fsp3) is 0.500. The summed E-state index contributed by atoms with van der Waals surface area (Å²) in [5.41, 5.74) is 0.903. The lowest BCUT2D eigenvalue weighted by atomic mass is 9.95. The number of benzene rings is 1. The summed E-state index contributed by atoms with van der Waals surface area (Å²) < 4.78 is 16.4. The first-order valence-electron chi connectivity index (χ1n) is 7.86. The van der Waals surface area contributed by atoms with E-state index in [1.807, 2.05) is 18.2 Å². The first-order chi connectivity index (χ1) is 10.7. The van der Waals surface area contributed by atoms with E-state index in [0.717, 1.165) is 37.0 Å². The number of carbonyl (C=O) groups is 1. The fourth-order valence-electron chi connectivity index (χ4n) is 2.41. The van der Waals surface area contributed by atoms with E-state index >= 15 is 0 Å². The molecule has 1 aliphatic carbocycles. The Morgan fingerprint density at radius 1 is 1.27 bits per heavy atom.